The number of methoxy groups -OCH3 is 1. The molecule has 32 heavy (non-hydrogen) atoms. The van der Waals surface area contributed by atoms with Crippen LogP contribution in [0.4, 0.5) is 21.7 Å². The maximum absolute atomic E-state index is 13.8. The molecular formula is C23H27FN6O2. The number of ether oxygens (including phenoxy) is 2. The van der Waals surface area contributed by atoms with Gasteiger partial charge in [0.2, 0.25) is 5.95 Å². The van der Waals surface area contributed by atoms with Gasteiger partial charge >= 0.3 is 0 Å². The summed E-state index contributed by atoms with van der Waals surface area (Å²) in [6, 6.07) is 11.4. The van der Waals surface area contributed by atoms with Crippen molar-refractivity contribution >= 4 is 17.3 Å². The Bertz CT molecular complexity index is 1090. The monoisotopic (exact) mass is 438 g/mol. The molecule has 8 nitrogen and oxygen atoms in total. The molecule has 2 aliphatic heterocycles. The number of halogens is 1. The van der Waals surface area contributed by atoms with E-state index >= 15 is 0 Å². The number of anilines is 3. The van der Waals surface area contributed by atoms with Crippen LogP contribution in [0.15, 0.2) is 42.7 Å². The van der Waals surface area contributed by atoms with Crippen molar-refractivity contribution in [2.45, 2.75) is 13.0 Å². The molecule has 0 saturated carbocycles. The molecule has 9 heteroatoms. The Morgan fingerprint density at radius 1 is 1.03 bits per heavy atom. The van der Waals surface area contributed by atoms with E-state index in [9.17, 15) is 4.39 Å². The van der Waals surface area contributed by atoms with Gasteiger partial charge in [0.05, 0.1) is 32.1 Å². The molecule has 0 atom stereocenters. The maximum atomic E-state index is 13.8. The molecule has 2 aromatic carbocycles. The highest BCUT2D eigenvalue weighted by atomic mass is 19.1. The van der Waals surface area contributed by atoms with Crippen LogP contribution in [0.25, 0.3) is 5.69 Å². The number of nitrogens with zero attached hydrogens (tertiary/aromatic N) is 5. The minimum atomic E-state index is -0.391. The quantitative estimate of drug-likeness (QED) is 0.635. The van der Waals surface area contributed by atoms with E-state index in [-0.39, 0.29) is 0 Å². The number of aromatic nitrogens is 3. The highest BCUT2D eigenvalue weighted by molar-refractivity contribution is 5.64. The second-order valence-electron chi connectivity index (χ2n) is 8.26. The largest absolute Gasteiger partial charge is 0.497 e. The number of hydrogen-bond donors (Lipinski definition) is 1. The molecular weight excluding hydrogens is 411 g/mol. The normalized spacial score (nSPS) is 17.3. The molecule has 168 valence electrons. The van der Waals surface area contributed by atoms with Crippen LogP contribution in [-0.4, -0.2) is 72.2 Å². The average molecular weight is 439 g/mol. The topological polar surface area (TPSA) is 67.7 Å². The molecule has 0 unspecified atom stereocenters. The molecule has 3 aromatic rings. The van der Waals surface area contributed by atoms with Gasteiger partial charge in [-0.15, -0.1) is 5.10 Å². The maximum Gasteiger partial charge on any atom is 0.246 e. The molecule has 0 spiro atoms. The summed E-state index contributed by atoms with van der Waals surface area (Å²) < 4.78 is 25.8. The summed E-state index contributed by atoms with van der Waals surface area (Å²) in [7, 11) is 1.50. The van der Waals surface area contributed by atoms with Crippen LogP contribution < -0.4 is 15.0 Å². The molecule has 0 amide bonds. The van der Waals surface area contributed by atoms with Gasteiger partial charge in [0.1, 0.15) is 17.9 Å². The summed E-state index contributed by atoms with van der Waals surface area (Å²) in [5.74, 6) is 0.482. The van der Waals surface area contributed by atoms with E-state index in [0.717, 1.165) is 50.6 Å². The first-order valence-electron chi connectivity index (χ1n) is 10.8. The number of hydrogen-bond acceptors (Lipinski definition) is 7. The number of benzene rings is 2. The molecule has 0 radical (unpaired) electrons. The zero-order chi connectivity index (χ0) is 22.1. The summed E-state index contributed by atoms with van der Waals surface area (Å²) in [6.07, 6.45) is 1.55. The summed E-state index contributed by atoms with van der Waals surface area (Å²) in [5, 5.41) is 7.73. The van der Waals surface area contributed by atoms with Gasteiger partial charge in [-0.1, -0.05) is 0 Å². The lowest BCUT2D eigenvalue weighted by Crippen LogP contribution is -2.56. The van der Waals surface area contributed by atoms with Crippen LogP contribution >= 0.6 is 0 Å². The molecule has 3 heterocycles. The number of rotatable bonds is 6. The van der Waals surface area contributed by atoms with Crippen molar-refractivity contribution in [3.8, 4) is 11.4 Å². The fraction of sp³-hybridized carbons (Fsp3) is 0.391. The van der Waals surface area contributed by atoms with Crippen molar-refractivity contribution in [1.82, 2.24) is 19.7 Å². The molecule has 1 N–H and O–H groups in total. The molecule has 2 aliphatic rings. The van der Waals surface area contributed by atoms with Crippen LogP contribution in [0.2, 0.25) is 0 Å². The predicted octanol–water partition coefficient (Wildman–Crippen LogP) is 2.99. The number of piperazine rings is 1. The third-order valence-corrected chi connectivity index (χ3v) is 5.98. The van der Waals surface area contributed by atoms with Gasteiger partial charge in [0.15, 0.2) is 0 Å². The fourth-order valence-corrected chi connectivity index (χ4v) is 4.17. The van der Waals surface area contributed by atoms with Crippen LogP contribution in [0.5, 0.6) is 5.75 Å². The Kier molecular flexibility index (Phi) is 5.67. The second-order valence-corrected chi connectivity index (χ2v) is 8.26. The number of aryl methyl sites for hydroxylation is 1. The minimum Gasteiger partial charge on any atom is -0.497 e. The summed E-state index contributed by atoms with van der Waals surface area (Å²) in [5.41, 5.74) is 3.81. The Hall–Kier alpha value is -3.17. The van der Waals surface area contributed by atoms with E-state index in [4.69, 9.17) is 9.47 Å². The molecule has 5 rings (SSSR count). The third-order valence-electron chi connectivity index (χ3n) is 5.98. The minimum absolute atomic E-state index is 0.391. The van der Waals surface area contributed by atoms with Crippen LogP contribution in [0.3, 0.4) is 0 Å². The molecule has 1 aromatic heterocycles. The molecule has 2 saturated heterocycles. The van der Waals surface area contributed by atoms with E-state index in [1.165, 1.54) is 29.6 Å². The Morgan fingerprint density at radius 3 is 2.56 bits per heavy atom. The highest BCUT2D eigenvalue weighted by Gasteiger charge is 2.29. The summed E-state index contributed by atoms with van der Waals surface area (Å²) in [4.78, 5) is 9.27. The lowest BCUT2D eigenvalue weighted by molar-refractivity contribution is -0.0660. The van der Waals surface area contributed by atoms with E-state index in [1.807, 2.05) is 0 Å². The zero-order valence-electron chi connectivity index (χ0n) is 18.3. The zero-order valence-corrected chi connectivity index (χ0v) is 18.3. The van der Waals surface area contributed by atoms with Gasteiger partial charge in [-0.25, -0.2) is 9.07 Å². The summed E-state index contributed by atoms with van der Waals surface area (Å²) in [6.45, 7) is 7.89. The van der Waals surface area contributed by atoms with Gasteiger partial charge in [-0.3, -0.25) is 4.90 Å². The van der Waals surface area contributed by atoms with Crippen molar-refractivity contribution in [1.29, 1.82) is 0 Å². The molecule has 0 aliphatic carbocycles. The number of nitrogens with one attached hydrogen (secondary N) is 1. The van der Waals surface area contributed by atoms with Crippen molar-refractivity contribution in [3.05, 3.63) is 54.1 Å². The first-order valence-corrected chi connectivity index (χ1v) is 10.8. The summed E-state index contributed by atoms with van der Waals surface area (Å²) >= 11 is 0. The van der Waals surface area contributed by atoms with E-state index in [1.54, 1.807) is 12.4 Å². The Labute approximate surface area is 186 Å². The lowest BCUT2D eigenvalue weighted by Gasteiger charge is -2.43. The highest BCUT2D eigenvalue weighted by Crippen LogP contribution is 2.26. The van der Waals surface area contributed by atoms with Crippen molar-refractivity contribution in [3.63, 3.8) is 0 Å². The molecule has 2 fully saturated rings. The van der Waals surface area contributed by atoms with Crippen molar-refractivity contribution in [2.24, 2.45) is 0 Å². The van der Waals surface area contributed by atoms with Crippen LogP contribution in [0, 0.1) is 12.7 Å². The van der Waals surface area contributed by atoms with E-state index < -0.39 is 5.82 Å². The first-order chi connectivity index (χ1) is 15.6. The van der Waals surface area contributed by atoms with Crippen molar-refractivity contribution in [2.75, 3.05) is 56.7 Å². The third kappa shape index (κ3) is 4.39. The van der Waals surface area contributed by atoms with Crippen LogP contribution in [0.1, 0.15) is 5.56 Å². The van der Waals surface area contributed by atoms with E-state index in [0.29, 0.717) is 23.4 Å². The van der Waals surface area contributed by atoms with Crippen molar-refractivity contribution < 1.29 is 13.9 Å². The first kappa shape index (κ1) is 20.7. The van der Waals surface area contributed by atoms with Gasteiger partial charge in [-0.05, 0) is 36.8 Å². The van der Waals surface area contributed by atoms with E-state index in [2.05, 4.69) is 50.3 Å². The SMILES string of the molecule is COc1cc(F)cc(-n2cnc(Nc3cc(C)cc(N4CCN(C5COC5)CC4)c3)n2)c1. The lowest BCUT2D eigenvalue weighted by atomic mass is 10.1. The smallest absolute Gasteiger partial charge is 0.246 e. The van der Waals surface area contributed by atoms with Gasteiger partial charge in [-0.2, -0.15) is 4.98 Å². The fourth-order valence-electron chi connectivity index (χ4n) is 4.17. The standard InChI is InChI=1S/C23H27FN6O2/c1-16-7-18(11-19(8-16)28-3-5-29(6-4-28)21-13-32-14-21)26-23-25-15-30(27-23)20-9-17(24)10-22(12-20)31-2/h7-12,15,21H,3-6,13-14H2,1-2H3,(H,26,27). The Morgan fingerprint density at radius 2 is 1.84 bits per heavy atom. The molecule has 0 bridgehead atoms. The Balaban J connectivity index is 1.29. The predicted molar refractivity (Wildman–Crippen MR) is 121 cm³/mol. The van der Waals surface area contributed by atoms with Gasteiger partial charge < -0.3 is 19.7 Å². The van der Waals surface area contributed by atoms with Gasteiger partial charge in [0.25, 0.3) is 0 Å². The average Bonchev–Trinajstić information content (AvgIpc) is 3.20. The van der Waals surface area contributed by atoms with Gasteiger partial charge in [0, 0.05) is 49.7 Å². The second kappa shape index (κ2) is 8.76. The van der Waals surface area contributed by atoms with Crippen LogP contribution in [-0.2, 0) is 4.74 Å².